The minimum Gasteiger partial charge on any atom is -0.464 e. The maximum Gasteiger partial charge on any atom is 0.328 e. The van der Waals surface area contributed by atoms with Gasteiger partial charge in [0.05, 0.1) is 6.61 Å². The van der Waals surface area contributed by atoms with E-state index in [2.05, 4.69) is 31.3 Å². The first kappa shape index (κ1) is 11.0. The highest BCUT2D eigenvalue weighted by molar-refractivity contribution is 5.83. The average Bonchev–Trinajstić information content (AvgIpc) is 2.62. The molecule has 0 spiro atoms. The maximum absolute atomic E-state index is 11.6. The summed E-state index contributed by atoms with van der Waals surface area (Å²) in [6.07, 6.45) is 0.736. The summed E-state index contributed by atoms with van der Waals surface area (Å²) >= 11 is 0. The van der Waals surface area contributed by atoms with Crippen molar-refractivity contribution >= 4 is 11.7 Å². The van der Waals surface area contributed by atoms with E-state index in [0.29, 0.717) is 6.61 Å². The SMILES string of the molecule is CCOC(=O)[C@H]1Cc2c(C)cc(C)cc2N1. The van der Waals surface area contributed by atoms with E-state index in [1.165, 1.54) is 16.7 Å². The van der Waals surface area contributed by atoms with Crippen LogP contribution in [0.3, 0.4) is 0 Å². The van der Waals surface area contributed by atoms with E-state index in [4.69, 9.17) is 4.74 Å². The van der Waals surface area contributed by atoms with E-state index in [9.17, 15) is 4.79 Å². The van der Waals surface area contributed by atoms with E-state index in [-0.39, 0.29) is 12.0 Å². The number of rotatable bonds is 2. The Labute approximate surface area is 95.8 Å². The molecule has 1 N–H and O–H groups in total. The van der Waals surface area contributed by atoms with Crippen LogP contribution < -0.4 is 5.32 Å². The van der Waals surface area contributed by atoms with Crippen LogP contribution in [0.15, 0.2) is 12.1 Å². The molecule has 1 heterocycles. The summed E-state index contributed by atoms with van der Waals surface area (Å²) in [7, 11) is 0. The number of carbonyl (C=O) groups excluding carboxylic acids is 1. The van der Waals surface area contributed by atoms with Gasteiger partial charge in [0.2, 0.25) is 0 Å². The zero-order chi connectivity index (χ0) is 11.7. The number of hydrogen-bond donors (Lipinski definition) is 1. The molecule has 0 unspecified atom stereocenters. The minimum absolute atomic E-state index is 0.157. The number of nitrogens with one attached hydrogen (secondary N) is 1. The highest BCUT2D eigenvalue weighted by atomic mass is 16.5. The molecule has 86 valence electrons. The molecular formula is C13H17NO2. The van der Waals surface area contributed by atoms with Gasteiger partial charge in [-0.2, -0.15) is 0 Å². The number of esters is 1. The zero-order valence-electron chi connectivity index (χ0n) is 9.96. The van der Waals surface area contributed by atoms with Gasteiger partial charge in [0.15, 0.2) is 0 Å². The third-order valence-corrected chi connectivity index (χ3v) is 2.93. The predicted molar refractivity (Wildman–Crippen MR) is 63.7 cm³/mol. The largest absolute Gasteiger partial charge is 0.464 e. The molecule has 0 amide bonds. The fourth-order valence-electron chi connectivity index (χ4n) is 2.23. The van der Waals surface area contributed by atoms with Gasteiger partial charge in [-0.15, -0.1) is 0 Å². The van der Waals surface area contributed by atoms with Crippen LogP contribution in [0.5, 0.6) is 0 Å². The number of fused-ring (bicyclic) bond motifs is 1. The number of ether oxygens (including phenoxy) is 1. The first-order valence-electron chi connectivity index (χ1n) is 5.65. The lowest BCUT2D eigenvalue weighted by Crippen LogP contribution is -2.29. The third kappa shape index (κ3) is 1.90. The van der Waals surface area contributed by atoms with Crippen molar-refractivity contribution in [2.75, 3.05) is 11.9 Å². The molecule has 16 heavy (non-hydrogen) atoms. The lowest BCUT2D eigenvalue weighted by atomic mass is 10.0. The average molecular weight is 219 g/mol. The van der Waals surface area contributed by atoms with Crippen LogP contribution in [0.4, 0.5) is 5.69 Å². The van der Waals surface area contributed by atoms with Crippen molar-refractivity contribution in [1.82, 2.24) is 0 Å². The van der Waals surface area contributed by atoms with Crippen LogP contribution in [0.2, 0.25) is 0 Å². The predicted octanol–water partition coefficient (Wildman–Crippen LogP) is 2.20. The fourth-order valence-corrected chi connectivity index (χ4v) is 2.23. The van der Waals surface area contributed by atoms with Gasteiger partial charge in [-0.25, -0.2) is 4.79 Å². The van der Waals surface area contributed by atoms with Crippen LogP contribution in [0.1, 0.15) is 23.6 Å². The number of hydrogen-bond acceptors (Lipinski definition) is 3. The van der Waals surface area contributed by atoms with Crippen LogP contribution in [0, 0.1) is 13.8 Å². The Morgan fingerprint density at radius 1 is 1.50 bits per heavy atom. The van der Waals surface area contributed by atoms with Crippen LogP contribution in [-0.4, -0.2) is 18.6 Å². The Morgan fingerprint density at radius 3 is 2.94 bits per heavy atom. The summed E-state index contributed by atoms with van der Waals surface area (Å²) < 4.78 is 5.03. The van der Waals surface area contributed by atoms with Crippen LogP contribution in [0.25, 0.3) is 0 Å². The smallest absolute Gasteiger partial charge is 0.328 e. The van der Waals surface area contributed by atoms with Gasteiger partial charge < -0.3 is 10.1 Å². The molecule has 3 heteroatoms. The fraction of sp³-hybridized carbons (Fsp3) is 0.462. The summed E-state index contributed by atoms with van der Waals surface area (Å²) in [5, 5.41) is 3.23. The van der Waals surface area contributed by atoms with E-state index in [0.717, 1.165) is 12.1 Å². The highest BCUT2D eigenvalue weighted by Gasteiger charge is 2.28. The monoisotopic (exact) mass is 219 g/mol. The van der Waals surface area contributed by atoms with Crippen molar-refractivity contribution in [3.8, 4) is 0 Å². The molecular weight excluding hydrogens is 202 g/mol. The molecule has 0 saturated carbocycles. The Kier molecular flexibility index (Phi) is 2.86. The van der Waals surface area contributed by atoms with E-state index >= 15 is 0 Å². The summed E-state index contributed by atoms with van der Waals surface area (Å²) in [5.74, 6) is -0.157. The number of carbonyl (C=O) groups is 1. The quantitative estimate of drug-likeness (QED) is 0.775. The number of aryl methyl sites for hydroxylation is 2. The second kappa shape index (κ2) is 4.16. The molecule has 1 aliphatic rings. The molecule has 1 atom stereocenters. The molecule has 1 aromatic carbocycles. The lowest BCUT2D eigenvalue weighted by Gasteiger charge is -2.09. The lowest BCUT2D eigenvalue weighted by molar-refractivity contribution is -0.143. The summed E-state index contributed by atoms with van der Waals surface area (Å²) in [6.45, 7) is 6.41. The van der Waals surface area contributed by atoms with Gasteiger partial charge in [0.25, 0.3) is 0 Å². The molecule has 0 bridgehead atoms. The summed E-state index contributed by atoms with van der Waals surface area (Å²) in [4.78, 5) is 11.6. The Balaban J connectivity index is 2.21. The van der Waals surface area contributed by atoms with Gasteiger partial charge in [0, 0.05) is 12.1 Å². The molecule has 2 rings (SSSR count). The van der Waals surface area contributed by atoms with Gasteiger partial charge >= 0.3 is 5.97 Å². The first-order chi connectivity index (χ1) is 7.61. The van der Waals surface area contributed by atoms with Crippen molar-refractivity contribution in [2.45, 2.75) is 33.2 Å². The molecule has 3 nitrogen and oxygen atoms in total. The van der Waals surface area contributed by atoms with Crippen LogP contribution in [-0.2, 0) is 16.0 Å². The Morgan fingerprint density at radius 2 is 2.25 bits per heavy atom. The third-order valence-electron chi connectivity index (χ3n) is 2.93. The zero-order valence-corrected chi connectivity index (χ0v) is 9.96. The molecule has 0 aliphatic carbocycles. The Bertz CT molecular complexity index is 426. The first-order valence-corrected chi connectivity index (χ1v) is 5.65. The number of benzene rings is 1. The van der Waals surface area contributed by atoms with Crippen LogP contribution >= 0.6 is 0 Å². The second-order valence-corrected chi connectivity index (χ2v) is 4.26. The molecule has 1 aromatic rings. The van der Waals surface area contributed by atoms with Crippen molar-refractivity contribution in [1.29, 1.82) is 0 Å². The minimum atomic E-state index is -0.213. The molecule has 0 saturated heterocycles. The molecule has 0 radical (unpaired) electrons. The van der Waals surface area contributed by atoms with E-state index in [1.807, 2.05) is 6.92 Å². The van der Waals surface area contributed by atoms with Gasteiger partial charge in [-0.05, 0) is 43.5 Å². The topological polar surface area (TPSA) is 38.3 Å². The molecule has 0 aromatic heterocycles. The standard InChI is InChI=1S/C13H17NO2/c1-4-16-13(15)12-7-10-9(3)5-8(2)6-11(10)14-12/h5-6,12,14H,4,7H2,1-3H3/t12-/m1/s1. The normalized spacial score (nSPS) is 17.8. The molecule has 1 aliphatic heterocycles. The second-order valence-electron chi connectivity index (χ2n) is 4.26. The number of anilines is 1. The highest BCUT2D eigenvalue weighted by Crippen LogP contribution is 2.30. The van der Waals surface area contributed by atoms with Crippen molar-refractivity contribution in [2.24, 2.45) is 0 Å². The maximum atomic E-state index is 11.6. The van der Waals surface area contributed by atoms with Gasteiger partial charge in [-0.3, -0.25) is 0 Å². The van der Waals surface area contributed by atoms with Gasteiger partial charge in [-0.1, -0.05) is 6.07 Å². The van der Waals surface area contributed by atoms with Gasteiger partial charge in [0.1, 0.15) is 6.04 Å². The van der Waals surface area contributed by atoms with E-state index < -0.39 is 0 Å². The summed E-state index contributed by atoms with van der Waals surface area (Å²) in [6, 6.07) is 4.02. The van der Waals surface area contributed by atoms with Crippen molar-refractivity contribution in [3.63, 3.8) is 0 Å². The van der Waals surface area contributed by atoms with Crippen molar-refractivity contribution < 1.29 is 9.53 Å². The van der Waals surface area contributed by atoms with E-state index in [1.54, 1.807) is 0 Å². The Hall–Kier alpha value is -1.51. The molecule has 0 fully saturated rings. The summed E-state index contributed by atoms with van der Waals surface area (Å²) in [5.41, 5.74) is 4.78. The van der Waals surface area contributed by atoms with Crippen molar-refractivity contribution in [3.05, 3.63) is 28.8 Å².